The predicted molar refractivity (Wildman–Crippen MR) is 67.4 cm³/mol. The van der Waals surface area contributed by atoms with Crippen molar-refractivity contribution in [2.24, 2.45) is 0 Å². The molecule has 0 bridgehead atoms. The van der Waals surface area contributed by atoms with Crippen molar-refractivity contribution in [2.75, 3.05) is 38.2 Å². The first-order valence-corrected chi connectivity index (χ1v) is 5.98. The molecular formula is C12H17N5O. The van der Waals surface area contributed by atoms with Crippen LogP contribution in [0.25, 0.3) is 0 Å². The van der Waals surface area contributed by atoms with Gasteiger partial charge in [0.2, 0.25) is 5.95 Å². The third-order valence-electron chi connectivity index (χ3n) is 2.78. The standard InChI is InChI=1S/C12H17N5O/c1-9-5-10(6-13)16-12(15-9)17(2)8-11-7-14-3-4-18-11/h5,11,14H,3-4,7-8H2,1-2H3. The van der Waals surface area contributed by atoms with Crippen LogP contribution >= 0.6 is 0 Å². The lowest BCUT2D eigenvalue weighted by molar-refractivity contribution is 0.0338. The fraction of sp³-hybridized carbons (Fsp3) is 0.583. The number of nitriles is 1. The molecule has 1 fully saturated rings. The molecule has 96 valence electrons. The monoisotopic (exact) mass is 247 g/mol. The summed E-state index contributed by atoms with van der Waals surface area (Å²) >= 11 is 0. The normalized spacial score (nSPS) is 19.3. The average molecular weight is 247 g/mol. The summed E-state index contributed by atoms with van der Waals surface area (Å²) in [6.45, 7) is 5.04. The molecule has 0 radical (unpaired) electrons. The maximum absolute atomic E-state index is 8.90. The van der Waals surface area contributed by atoms with Crippen molar-refractivity contribution in [2.45, 2.75) is 13.0 Å². The van der Waals surface area contributed by atoms with E-state index in [1.165, 1.54) is 0 Å². The number of anilines is 1. The fourth-order valence-electron chi connectivity index (χ4n) is 1.90. The molecule has 1 aliphatic rings. The van der Waals surface area contributed by atoms with E-state index in [0.29, 0.717) is 18.2 Å². The average Bonchev–Trinajstić information content (AvgIpc) is 2.39. The van der Waals surface area contributed by atoms with Gasteiger partial charge in [0.15, 0.2) is 0 Å². The van der Waals surface area contributed by atoms with E-state index in [2.05, 4.69) is 15.3 Å². The van der Waals surface area contributed by atoms with Gasteiger partial charge in [-0.25, -0.2) is 9.97 Å². The third-order valence-corrected chi connectivity index (χ3v) is 2.78. The van der Waals surface area contributed by atoms with E-state index in [0.717, 1.165) is 25.4 Å². The number of aryl methyl sites for hydroxylation is 1. The zero-order valence-electron chi connectivity index (χ0n) is 10.7. The van der Waals surface area contributed by atoms with Crippen molar-refractivity contribution in [1.82, 2.24) is 15.3 Å². The van der Waals surface area contributed by atoms with E-state index in [1.54, 1.807) is 6.07 Å². The minimum atomic E-state index is 0.137. The number of nitrogens with zero attached hydrogens (tertiary/aromatic N) is 4. The van der Waals surface area contributed by atoms with Gasteiger partial charge in [-0.3, -0.25) is 0 Å². The van der Waals surface area contributed by atoms with Gasteiger partial charge >= 0.3 is 0 Å². The topological polar surface area (TPSA) is 74.1 Å². The SMILES string of the molecule is Cc1cc(C#N)nc(N(C)CC2CNCCO2)n1. The molecule has 1 aromatic heterocycles. The van der Waals surface area contributed by atoms with E-state index in [4.69, 9.17) is 10.00 Å². The molecule has 1 atom stereocenters. The molecule has 0 aliphatic carbocycles. The minimum Gasteiger partial charge on any atom is -0.374 e. The van der Waals surface area contributed by atoms with Gasteiger partial charge in [-0.1, -0.05) is 0 Å². The number of morpholine rings is 1. The quantitative estimate of drug-likeness (QED) is 0.815. The maximum atomic E-state index is 8.90. The van der Waals surface area contributed by atoms with Crippen LogP contribution in [-0.2, 0) is 4.74 Å². The van der Waals surface area contributed by atoms with Gasteiger partial charge in [-0.2, -0.15) is 5.26 Å². The van der Waals surface area contributed by atoms with Gasteiger partial charge in [-0.05, 0) is 13.0 Å². The van der Waals surface area contributed by atoms with Crippen molar-refractivity contribution < 1.29 is 4.74 Å². The number of rotatable bonds is 3. The summed E-state index contributed by atoms with van der Waals surface area (Å²) in [4.78, 5) is 10.5. The number of ether oxygens (including phenoxy) is 1. The summed E-state index contributed by atoms with van der Waals surface area (Å²) < 4.78 is 5.63. The number of hydrogen-bond acceptors (Lipinski definition) is 6. The highest BCUT2D eigenvalue weighted by atomic mass is 16.5. The molecule has 6 heteroatoms. The Labute approximate surface area is 107 Å². The Morgan fingerprint density at radius 2 is 2.44 bits per heavy atom. The molecule has 0 spiro atoms. The summed E-state index contributed by atoms with van der Waals surface area (Å²) in [5.41, 5.74) is 1.19. The van der Waals surface area contributed by atoms with Gasteiger partial charge in [0.25, 0.3) is 0 Å². The lowest BCUT2D eigenvalue weighted by Gasteiger charge is -2.28. The molecule has 1 N–H and O–H groups in total. The van der Waals surface area contributed by atoms with E-state index in [9.17, 15) is 0 Å². The lowest BCUT2D eigenvalue weighted by atomic mass is 10.3. The van der Waals surface area contributed by atoms with Crippen LogP contribution in [0, 0.1) is 18.3 Å². The van der Waals surface area contributed by atoms with Gasteiger partial charge in [0.1, 0.15) is 11.8 Å². The van der Waals surface area contributed by atoms with E-state index >= 15 is 0 Å². The fourth-order valence-corrected chi connectivity index (χ4v) is 1.90. The van der Waals surface area contributed by atoms with Crippen LogP contribution in [0.4, 0.5) is 5.95 Å². The molecule has 2 heterocycles. The van der Waals surface area contributed by atoms with Crippen molar-refractivity contribution in [3.05, 3.63) is 17.5 Å². The predicted octanol–water partition coefficient (Wildman–Crippen LogP) is 0.0813. The van der Waals surface area contributed by atoms with Crippen LogP contribution in [-0.4, -0.2) is 49.4 Å². The summed E-state index contributed by atoms with van der Waals surface area (Å²) in [6, 6.07) is 3.72. The van der Waals surface area contributed by atoms with Crippen LogP contribution in [0.1, 0.15) is 11.4 Å². The van der Waals surface area contributed by atoms with E-state index in [-0.39, 0.29) is 6.10 Å². The first-order chi connectivity index (χ1) is 8.69. The largest absolute Gasteiger partial charge is 0.374 e. The van der Waals surface area contributed by atoms with Crippen LogP contribution in [0.5, 0.6) is 0 Å². The highest BCUT2D eigenvalue weighted by molar-refractivity contribution is 5.35. The first kappa shape index (κ1) is 12.7. The van der Waals surface area contributed by atoms with Crippen molar-refractivity contribution >= 4 is 5.95 Å². The molecule has 0 aromatic carbocycles. The molecule has 1 aromatic rings. The molecule has 1 aliphatic heterocycles. The lowest BCUT2D eigenvalue weighted by Crippen LogP contribution is -2.44. The molecule has 1 unspecified atom stereocenters. The Morgan fingerprint density at radius 3 is 3.11 bits per heavy atom. The van der Waals surface area contributed by atoms with Gasteiger partial charge in [0, 0.05) is 32.4 Å². The van der Waals surface area contributed by atoms with Crippen LogP contribution in [0.2, 0.25) is 0 Å². The zero-order valence-corrected chi connectivity index (χ0v) is 10.7. The number of likely N-dealkylation sites (N-methyl/N-ethyl adjacent to an activating group) is 1. The maximum Gasteiger partial charge on any atom is 0.226 e. The first-order valence-electron chi connectivity index (χ1n) is 5.98. The number of hydrogen-bond donors (Lipinski definition) is 1. The summed E-state index contributed by atoms with van der Waals surface area (Å²) in [5, 5.41) is 12.2. The number of aromatic nitrogens is 2. The van der Waals surface area contributed by atoms with Crippen LogP contribution in [0.3, 0.4) is 0 Å². The van der Waals surface area contributed by atoms with Crippen molar-refractivity contribution in [1.29, 1.82) is 5.26 Å². The highest BCUT2D eigenvalue weighted by Crippen LogP contribution is 2.10. The molecular weight excluding hydrogens is 230 g/mol. The minimum absolute atomic E-state index is 0.137. The Hall–Kier alpha value is -1.71. The third kappa shape index (κ3) is 3.15. The molecule has 0 saturated carbocycles. The van der Waals surface area contributed by atoms with Gasteiger partial charge in [0.05, 0.1) is 12.7 Å². The Bertz CT molecular complexity index is 450. The molecule has 2 rings (SSSR count). The molecule has 6 nitrogen and oxygen atoms in total. The Morgan fingerprint density at radius 1 is 1.61 bits per heavy atom. The Balaban J connectivity index is 2.05. The van der Waals surface area contributed by atoms with Crippen molar-refractivity contribution in [3.8, 4) is 6.07 Å². The van der Waals surface area contributed by atoms with Crippen molar-refractivity contribution in [3.63, 3.8) is 0 Å². The Kier molecular flexibility index (Phi) is 4.07. The molecule has 18 heavy (non-hydrogen) atoms. The van der Waals surface area contributed by atoms with Crippen LogP contribution in [0.15, 0.2) is 6.07 Å². The van der Waals surface area contributed by atoms with E-state index in [1.807, 2.05) is 24.9 Å². The smallest absolute Gasteiger partial charge is 0.226 e. The second kappa shape index (κ2) is 5.76. The van der Waals surface area contributed by atoms with E-state index < -0.39 is 0 Å². The number of nitrogens with one attached hydrogen (secondary N) is 1. The zero-order chi connectivity index (χ0) is 13.0. The molecule has 0 amide bonds. The van der Waals surface area contributed by atoms with Gasteiger partial charge < -0.3 is 15.0 Å². The highest BCUT2D eigenvalue weighted by Gasteiger charge is 2.17. The summed E-state index contributed by atoms with van der Waals surface area (Å²) in [6.07, 6.45) is 0.137. The van der Waals surface area contributed by atoms with Crippen LogP contribution < -0.4 is 10.2 Å². The molecule has 1 saturated heterocycles. The second-order valence-electron chi connectivity index (χ2n) is 4.38. The summed E-state index contributed by atoms with van der Waals surface area (Å²) in [7, 11) is 1.91. The van der Waals surface area contributed by atoms with Gasteiger partial charge in [-0.15, -0.1) is 0 Å². The second-order valence-corrected chi connectivity index (χ2v) is 4.38. The summed E-state index contributed by atoms with van der Waals surface area (Å²) in [5.74, 6) is 0.570.